The molecular formula is C25H42N2O6S. The van der Waals surface area contributed by atoms with Crippen molar-refractivity contribution in [3.8, 4) is 5.75 Å². The molecule has 0 saturated carbocycles. The lowest BCUT2D eigenvalue weighted by Crippen LogP contribution is -2.20. The minimum absolute atomic E-state index is 0.0579. The SMILES string of the molecule is CCCCCCCCCCCCCCCCOc1ccc(C(N)=O)c(S(=O)(=O)O)c1NC(C)=O. The van der Waals surface area contributed by atoms with Crippen molar-refractivity contribution in [3.63, 3.8) is 0 Å². The molecule has 4 N–H and O–H groups in total. The second-order valence-corrected chi connectivity index (χ2v) is 10.1. The Morgan fingerprint density at radius 1 is 0.882 bits per heavy atom. The zero-order valence-electron chi connectivity index (χ0n) is 20.7. The molecule has 0 heterocycles. The van der Waals surface area contributed by atoms with Crippen LogP contribution in [0.5, 0.6) is 5.75 Å². The van der Waals surface area contributed by atoms with Crippen LogP contribution in [-0.2, 0) is 14.9 Å². The Morgan fingerprint density at radius 2 is 1.35 bits per heavy atom. The van der Waals surface area contributed by atoms with Crippen molar-refractivity contribution in [1.29, 1.82) is 0 Å². The highest BCUT2D eigenvalue weighted by atomic mass is 32.2. The van der Waals surface area contributed by atoms with Crippen molar-refractivity contribution in [2.75, 3.05) is 11.9 Å². The van der Waals surface area contributed by atoms with Crippen LogP contribution in [0.4, 0.5) is 5.69 Å². The van der Waals surface area contributed by atoms with E-state index in [1.165, 1.54) is 83.6 Å². The van der Waals surface area contributed by atoms with Crippen LogP contribution in [-0.4, -0.2) is 31.4 Å². The van der Waals surface area contributed by atoms with E-state index in [0.29, 0.717) is 6.61 Å². The number of primary amides is 1. The van der Waals surface area contributed by atoms with E-state index in [1.807, 2.05) is 0 Å². The Hall–Kier alpha value is -2.13. The third-order valence-electron chi connectivity index (χ3n) is 5.70. The minimum Gasteiger partial charge on any atom is -0.491 e. The number of amides is 2. The molecule has 0 spiro atoms. The molecular weight excluding hydrogens is 456 g/mol. The molecule has 9 heteroatoms. The number of hydrogen-bond acceptors (Lipinski definition) is 5. The maximum atomic E-state index is 11.9. The van der Waals surface area contributed by atoms with Gasteiger partial charge >= 0.3 is 0 Å². The Kier molecular flexibility index (Phi) is 14.5. The van der Waals surface area contributed by atoms with E-state index < -0.39 is 32.4 Å². The van der Waals surface area contributed by atoms with Crippen molar-refractivity contribution in [2.24, 2.45) is 5.73 Å². The smallest absolute Gasteiger partial charge is 0.297 e. The molecule has 0 aliphatic carbocycles. The highest BCUT2D eigenvalue weighted by Crippen LogP contribution is 2.35. The van der Waals surface area contributed by atoms with Crippen LogP contribution < -0.4 is 15.8 Å². The summed E-state index contributed by atoms with van der Waals surface area (Å²) in [5.74, 6) is -1.56. The molecule has 1 aromatic carbocycles. The quantitative estimate of drug-likeness (QED) is 0.162. The Bertz CT molecular complexity index is 870. The number of nitrogens with one attached hydrogen (secondary N) is 1. The summed E-state index contributed by atoms with van der Waals surface area (Å²) in [5.41, 5.74) is 4.53. The van der Waals surface area contributed by atoms with Gasteiger partial charge in [0.25, 0.3) is 10.1 Å². The predicted molar refractivity (Wildman–Crippen MR) is 135 cm³/mol. The number of carbonyl (C=O) groups is 2. The zero-order chi connectivity index (χ0) is 25.4. The second-order valence-electron chi connectivity index (χ2n) is 8.78. The van der Waals surface area contributed by atoms with Gasteiger partial charge in [-0.3, -0.25) is 14.1 Å². The number of ether oxygens (including phenoxy) is 1. The van der Waals surface area contributed by atoms with E-state index in [-0.39, 0.29) is 11.4 Å². The number of rotatable bonds is 19. The maximum Gasteiger partial charge on any atom is 0.297 e. The molecule has 0 fully saturated rings. The number of benzene rings is 1. The fourth-order valence-electron chi connectivity index (χ4n) is 3.92. The summed E-state index contributed by atoms with van der Waals surface area (Å²) in [7, 11) is -4.83. The largest absolute Gasteiger partial charge is 0.491 e. The van der Waals surface area contributed by atoms with Gasteiger partial charge in [-0.25, -0.2) is 0 Å². The van der Waals surface area contributed by atoms with E-state index in [4.69, 9.17) is 10.5 Å². The molecule has 0 aliphatic rings. The third kappa shape index (κ3) is 11.8. The molecule has 0 saturated heterocycles. The van der Waals surface area contributed by atoms with E-state index in [9.17, 15) is 22.6 Å². The van der Waals surface area contributed by atoms with Gasteiger partial charge in [0.1, 0.15) is 16.3 Å². The fraction of sp³-hybridized carbons (Fsp3) is 0.680. The first-order valence-corrected chi connectivity index (χ1v) is 14.0. The Morgan fingerprint density at radius 3 is 1.76 bits per heavy atom. The van der Waals surface area contributed by atoms with E-state index in [2.05, 4.69) is 12.2 Å². The summed E-state index contributed by atoms with van der Waals surface area (Å²) in [4.78, 5) is 22.4. The highest BCUT2D eigenvalue weighted by Gasteiger charge is 2.27. The number of anilines is 1. The van der Waals surface area contributed by atoms with Gasteiger partial charge in [-0.05, 0) is 18.6 Å². The van der Waals surface area contributed by atoms with E-state index >= 15 is 0 Å². The van der Waals surface area contributed by atoms with Gasteiger partial charge in [0.2, 0.25) is 11.8 Å². The lowest BCUT2D eigenvalue weighted by Gasteiger charge is -2.16. The van der Waals surface area contributed by atoms with Crippen molar-refractivity contribution in [2.45, 2.75) is 109 Å². The second kappa shape index (κ2) is 16.5. The molecule has 0 atom stereocenters. The summed E-state index contributed by atoms with van der Waals surface area (Å²) < 4.78 is 39.0. The van der Waals surface area contributed by atoms with Crippen molar-refractivity contribution in [1.82, 2.24) is 0 Å². The normalized spacial score (nSPS) is 11.4. The molecule has 2 amide bonds. The van der Waals surface area contributed by atoms with Gasteiger partial charge in [0.05, 0.1) is 12.2 Å². The van der Waals surface area contributed by atoms with Crippen molar-refractivity contribution >= 4 is 27.6 Å². The monoisotopic (exact) mass is 498 g/mol. The summed E-state index contributed by atoms with van der Waals surface area (Å²) in [6.07, 6.45) is 17.2. The van der Waals surface area contributed by atoms with Gasteiger partial charge in [-0.2, -0.15) is 8.42 Å². The average Bonchev–Trinajstić information content (AvgIpc) is 2.75. The van der Waals surface area contributed by atoms with Crippen molar-refractivity contribution < 1.29 is 27.3 Å². The molecule has 0 aliphatic heterocycles. The number of hydrogen-bond donors (Lipinski definition) is 3. The minimum atomic E-state index is -4.83. The average molecular weight is 499 g/mol. The third-order valence-corrected chi connectivity index (χ3v) is 6.64. The van der Waals surface area contributed by atoms with Gasteiger partial charge in [0.15, 0.2) is 0 Å². The van der Waals surface area contributed by atoms with Gasteiger partial charge in [-0.15, -0.1) is 0 Å². The van der Waals surface area contributed by atoms with Crippen LogP contribution in [0.3, 0.4) is 0 Å². The van der Waals surface area contributed by atoms with E-state index in [0.717, 1.165) is 25.3 Å². The highest BCUT2D eigenvalue weighted by molar-refractivity contribution is 7.86. The number of unbranched alkanes of at least 4 members (excludes halogenated alkanes) is 13. The fourth-order valence-corrected chi connectivity index (χ4v) is 4.78. The Labute approximate surface area is 204 Å². The van der Waals surface area contributed by atoms with Crippen molar-refractivity contribution in [3.05, 3.63) is 17.7 Å². The molecule has 1 rings (SSSR count). The first-order chi connectivity index (χ1) is 16.2. The summed E-state index contributed by atoms with van der Waals surface area (Å²) in [6, 6.07) is 2.53. The first kappa shape index (κ1) is 29.9. The summed E-state index contributed by atoms with van der Waals surface area (Å²) >= 11 is 0. The van der Waals surface area contributed by atoms with Crippen LogP contribution >= 0.6 is 0 Å². The van der Waals surface area contributed by atoms with E-state index in [1.54, 1.807) is 0 Å². The molecule has 34 heavy (non-hydrogen) atoms. The zero-order valence-corrected chi connectivity index (χ0v) is 21.6. The van der Waals surface area contributed by atoms with Crippen LogP contribution in [0, 0.1) is 0 Å². The van der Waals surface area contributed by atoms with Crippen LogP contribution in [0.25, 0.3) is 0 Å². The predicted octanol–water partition coefficient (Wildman–Crippen LogP) is 5.85. The number of carbonyl (C=O) groups excluding carboxylic acids is 2. The lowest BCUT2D eigenvalue weighted by molar-refractivity contribution is -0.114. The maximum absolute atomic E-state index is 11.9. The molecule has 0 unspecified atom stereocenters. The van der Waals surface area contributed by atoms with Crippen LogP contribution in [0.2, 0.25) is 0 Å². The lowest BCUT2D eigenvalue weighted by atomic mass is 10.0. The molecule has 194 valence electrons. The van der Waals surface area contributed by atoms with Gasteiger partial charge < -0.3 is 15.8 Å². The molecule has 0 radical (unpaired) electrons. The van der Waals surface area contributed by atoms with Crippen LogP contribution in [0.1, 0.15) is 114 Å². The van der Waals surface area contributed by atoms with Gasteiger partial charge in [0, 0.05) is 6.92 Å². The summed E-state index contributed by atoms with van der Waals surface area (Å²) in [6.45, 7) is 3.73. The topological polar surface area (TPSA) is 136 Å². The van der Waals surface area contributed by atoms with Gasteiger partial charge in [-0.1, -0.05) is 90.4 Å². The summed E-state index contributed by atoms with van der Waals surface area (Å²) in [5, 5.41) is 2.34. The first-order valence-electron chi connectivity index (χ1n) is 12.5. The number of nitrogens with two attached hydrogens (primary N) is 1. The standard InChI is InChI=1S/C25H42N2O6S/c1-3-4-5-6-7-8-9-10-11-12-13-14-15-16-19-33-22-18-17-21(25(26)29)24(34(30,31)32)23(22)27-20(2)28/h17-18H,3-16,19H2,1-2H3,(H2,26,29)(H,27,28)(H,30,31,32). The Balaban J connectivity index is 2.39. The van der Waals surface area contributed by atoms with Crippen LogP contribution in [0.15, 0.2) is 17.0 Å². The molecule has 0 aromatic heterocycles. The molecule has 8 nitrogen and oxygen atoms in total. The molecule has 0 bridgehead atoms. The molecule has 1 aromatic rings.